The van der Waals surface area contributed by atoms with Gasteiger partial charge in [0.15, 0.2) is 0 Å². The summed E-state index contributed by atoms with van der Waals surface area (Å²) < 4.78 is 12.2. The monoisotopic (exact) mass is 323 g/mol. The third-order valence-electron chi connectivity index (χ3n) is 4.30. The fourth-order valence-corrected chi connectivity index (χ4v) is 2.87. The quantitative estimate of drug-likeness (QED) is 0.912. The van der Waals surface area contributed by atoms with Crippen LogP contribution in [-0.2, 0) is 7.05 Å². The maximum atomic E-state index is 12.8. The van der Waals surface area contributed by atoms with Crippen molar-refractivity contribution in [3.8, 4) is 17.6 Å². The number of fused-ring (bicyclic) bond motifs is 1. The molecule has 1 aliphatic heterocycles. The number of rotatable bonds is 2. The Kier molecular flexibility index (Phi) is 3.78. The molecule has 0 bridgehead atoms. The average Bonchev–Trinajstić information content (AvgIpc) is 2.59. The molecule has 6 heteroatoms. The highest BCUT2D eigenvalue weighted by molar-refractivity contribution is 5.55. The van der Waals surface area contributed by atoms with Gasteiger partial charge in [0, 0.05) is 18.8 Å². The first-order valence-electron chi connectivity index (χ1n) is 7.40. The van der Waals surface area contributed by atoms with E-state index in [4.69, 9.17) is 15.2 Å². The first kappa shape index (κ1) is 15.7. The van der Waals surface area contributed by atoms with Crippen LogP contribution in [0.3, 0.4) is 0 Å². The van der Waals surface area contributed by atoms with Crippen LogP contribution in [0.25, 0.3) is 0 Å². The van der Waals surface area contributed by atoms with Gasteiger partial charge in [-0.05, 0) is 24.6 Å². The van der Waals surface area contributed by atoms with E-state index in [1.165, 1.54) is 4.57 Å². The van der Waals surface area contributed by atoms with Crippen LogP contribution in [0.2, 0.25) is 0 Å². The second-order valence-electron chi connectivity index (χ2n) is 5.63. The summed E-state index contributed by atoms with van der Waals surface area (Å²) in [6.45, 7) is 1.81. The molecule has 2 N–H and O–H groups in total. The van der Waals surface area contributed by atoms with E-state index in [9.17, 15) is 10.1 Å². The molecule has 0 radical (unpaired) electrons. The Bertz CT molecular complexity index is 934. The maximum absolute atomic E-state index is 12.8. The molecule has 24 heavy (non-hydrogen) atoms. The van der Waals surface area contributed by atoms with E-state index < -0.39 is 5.92 Å². The summed E-state index contributed by atoms with van der Waals surface area (Å²) >= 11 is 0. The van der Waals surface area contributed by atoms with Crippen molar-refractivity contribution in [2.45, 2.75) is 12.8 Å². The van der Waals surface area contributed by atoms with Gasteiger partial charge in [-0.3, -0.25) is 4.79 Å². The van der Waals surface area contributed by atoms with Gasteiger partial charge in [0.25, 0.3) is 5.56 Å². The zero-order valence-electron chi connectivity index (χ0n) is 13.7. The van der Waals surface area contributed by atoms with Crippen molar-refractivity contribution < 1.29 is 9.47 Å². The van der Waals surface area contributed by atoms with Crippen LogP contribution in [0.15, 0.2) is 46.6 Å². The second kappa shape index (κ2) is 5.78. The number of aromatic nitrogens is 1. The zero-order chi connectivity index (χ0) is 17.4. The molecule has 1 atom stereocenters. The highest BCUT2D eigenvalue weighted by Gasteiger charge is 2.33. The number of nitriles is 1. The smallest absolute Gasteiger partial charge is 0.258 e. The normalized spacial score (nSPS) is 16.2. The lowest BCUT2D eigenvalue weighted by molar-refractivity contribution is 0.389. The predicted molar refractivity (Wildman–Crippen MR) is 88.7 cm³/mol. The number of aryl methyl sites for hydroxylation is 1. The minimum atomic E-state index is -0.566. The fraction of sp³-hybridized carbons (Fsp3) is 0.222. The molecule has 0 fully saturated rings. The molecular formula is C18H17N3O3. The van der Waals surface area contributed by atoms with E-state index in [0.717, 1.165) is 11.3 Å². The topological polar surface area (TPSA) is 90.3 Å². The predicted octanol–water partition coefficient (Wildman–Crippen LogP) is 1.92. The summed E-state index contributed by atoms with van der Waals surface area (Å²) in [5, 5.41) is 9.53. The SMILES string of the molecule is COc1ccc([C@H]2C(C#N)=C(N)Oc3cc(C)n(C)c(=O)c32)cc1. The third kappa shape index (κ3) is 2.31. The molecule has 0 aliphatic carbocycles. The maximum Gasteiger partial charge on any atom is 0.258 e. The van der Waals surface area contributed by atoms with Gasteiger partial charge in [0.05, 0.1) is 18.6 Å². The number of nitrogens with two attached hydrogens (primary N) is 1. The van der Waals surface area contributed by atoms with Crippen LogP contribution >= 0.6 is 0 Å². The Balaban J connectivity index is 2.28. The first-order chi connectivity index (χ1) is 11.5. The van der Waals surface area contributed by atoms with Crippen molar-refractivity contribution >= 4 is 0 Å². The van der Waals surface area contributed by atoms with Gasteiger partial charge >= 0.3 is 0 Å². The van der Waals surface area contributed by atoms with Gasteiger partial charge in [-0.15, -0.1) is 0 Å². The molecule has 1 aromatic carbocycles. The van der Waals surface area contributed by atoms with Crippen LogP contribution in [-0.4, -0.2) is 11.7 Å². The summed E-state index contributed by atoms with van der Waals surface area (Å²) in [6.07, 6.45) is 0. The van der Waals surface area contributed by atoms with Gasteiger partial charge in [0.1, 0.15) is 23.1 Å². The Morgan fingerprint density at radius 2 is 2.00 bits per heavy atom. The van der Waals surface area contributed by atoms with Crippen molar-refractivity contribution in [3.05, 3.63) is 69.0 Å². The van der Waals surface area contributed by atoms with Gasteiger partial charge in [-0.1, -0.05) is 12.1 Å². The molecule has 3 rings (SSSR count). The number of benzene rings is 1. The number of methoxy groups -OCH3 is 1. The molecular weight excluding hydrogens is 306 g/mol. The molecule has 6 nitrogen and oxygen atoms in total. The number of allylic oxidation sites excluding steroid dienone is 1. The van der Waals surface area contributed by atoms with E-state index in [1.54, 1.807) is 32.4 Å². The lowest BCUT2D eigenvalue weighted by atomic mass is 9.84. The van der Waals surface area contributed by atoms with Crippen LogP contribution in [0.5, 0.6) is 11.5 Å². The number of pyridine rings is 1. The van der Waals surface area contributed by atoms with Gasteiger partial charge < -0.3 is 19.8 Å². The zero-order valence-corrected chi connectivity index (χ0v) is 13.7. The summed E-state index contributed by atoms with van der Waals surface area (Å²) in [7, 11) is 3.27. The number of ether oxygens (including phenoxy) is 2. The number of nitrogens with zero attached hydrogens (tertiary/aromatic N) is 2. The Morgan fingerprint density at radius 1 is 1.33 bits per heavy atom. The molecule has 2 heterocycles. The van der Waals surface area contributed by atoms with Crippen molar-refractivity contribution in [2.75, 3.05) is 7.11 Å². The van der Waals surface area contributed by atoms with E-state index >= 15 is 0 Å². The standard InChI is InChI=1S/C18H17N3O3/c1-10-8-14-16(18(22)21(10)2)15(13(9-19)17(20)24-14)11-4-6-12(23-3)7-5-11/h4-8,15H,20H2,1-3H3/t15-/m0/s1. The first-order valence-corrected chi connectivity index (χ1v) is 7.40. The second-order valence-corrected chi connectivity index (χ2v) is 5.63. The Morgan fingerprint density at radius 3 is 2.58 bits per heavy atom. The van der Waals surface area contributed by atoms with Crippen molar-refractivity contribution in [1.82, 2.24) is 4.57 Å². The summed E-state index contributed by atoms with van der Waals surface area (Å²) in [6, 6.07) is 11.1. The number of hydrogen-bond acceptors (Lipinski definition) is 5. The lowest BCUT2D eigenvalue weighted by Crippen LogP contribution is -2.31. The molecule has 0 spiro atoms. The third-order valence-corrected chi connectivity index (χ3v) is 4.30. The Hall–Kier alpha value is -3.20. The van der Waals surface area contributed by atoms with E-state index in [1.807, 2.05) is 19.1 Å². The van der Waals surface area contributed by atoms with Crippen molar-refractivity contribution in [1.29, 1.82) is 5.26 Å². The summed E-state index contributed by atoms with van der Waals surface area (Å²) in [5.41, 5.74) is 7.90. The van der Waals surface area contributed by atoms with Gasteiger partial charge in [-0.2, -0.15) is 5.26 Å². The van der Waals surface area contributed by atoms with E-state index in [-0.39, 0.29) is 17.0 Å². The highest BCUT2D eigenvalue weighted by Crippen LogP contribution is 2.40. The van der Waals surface area contributed by atoms with Crippen molar-refractivity contribution in [2.24, 2.45) is 12.8 Å². The molecule has 0 unspecified atom stereocenters. The van der Waals surface area contributed by atoms with Gasteiger partial charge in [-0.25, -0.2) is 0 Å². The van der Waals surface area contributed by atoms with Gasteiger partial charge in [0.2, 0.25) is 5.88 Å². The minimum absolute atomic E-state index is 0.0264. The van der Waals surface area contributed by atoms with Crippen LogP contribution in [0, 0.1) is 18.3 Å². The Labute approximate surface area is 139 Å². The van der Waals surface area contributed by atoms with Crippen molar-refractivity contribution in [3.63, 3.8) is 0 Å². The lowest BCUT2D eigenvalue weighted by Gasteiger charge is -2.26. The molecule has 0 amide bonds. The largest absolute Gasteiger partial charge is 0.497 e. The molecule has 1 aromatic heterocycles. The molecule has 2 aromatic rings. The summed E-state index contributed by atoms with van der Waals surface area (Å²) in [4.78, 5) is 12.8. The highest BCUT2D eigenvalue weighted by atomic mass is 16.5. The molecule has 1 aliphatic rings. The van der Waals surface area contributed by atoms with Crippen LogP contribution in [0.4, 0.5) is 0 Å². The molecule has 0 saturated heterocycles. The minimum Gasteiger partial charge on any atom is -0.497 e. The van der Waals surface area contributed by atoms with E-state index in [0.29, 0.717) is 17.1 Å². The molecule has 0 saturated carbocycles. The molecule has 122 valence electrons. The fourth-order valence-electron chi connectivity index (χ4n) is 2.87. The average molecular weight is 323 g/mol. The summed E-state index contributed by atoms with van der Waals surface area (Å²) in [5.74, 6) is 0.550. The number of hydrogen-bond donors (Lipinski definition) is 1. The van der Waals surface area contributed by atoms with Crippen LogP contribution < -0.4 is 20.8 Å². The van der Waals surface area contributed by atoms with E-state index in [2.05, 4.69) is 6.07 Å². The van der Waals surface area contributed by atoms with Crippen LogP contribution in [0.1, 0.15) is 22.7 Å².